The number of fused-ring (bicyclic) bond motifs is 1. The monoisotopic (exact) mass is 376 g/mol. The average molecular weight is 376 g/mol. The second-order valence-corrected chi connectivity index (χ2v) is 6.73. The summed E-state index contributed by atoms with van der Waals surface area (Å²) in [5.41, 5.74) is 9.63. The quantitative estimate of drug-likeness (QED) is 0.551. The number of pyridine rings is 2. The van der Waals surface area contributed by atoms with Crippen molar-refractivity contribution in [3.8, 4) is 22.3 Å². The van der Waals surface area contributed by atoms with Crippen LogP contribution < -0.4 is 11.3 Å². The molecule has 140 valence electrons. The summed E-state index contributed by atoms with van der Waals surface area (Å²) in [6.45, 7) is 1.80. The molecule has 3 nitrogen and oxygen atoms in total. The molecular formula is C23H18F2N2O. The minimum absolute atomic E-state index is 0.348. The van der Waals surface area contributed by atoms with Gasteiger partial charge in [-0.15, -0.1) is 0 Å². The molecule has 0 saturated carbocycles. The van der Waals surface area contributed by atoms with Gasteiger partial charge < -0.3 is 5.73 Å². The zero-order valence-electron chi connectivity index (χ0n) is 15.2. The Morgan fingerprint density at radius 1 is 0.821 bits per heavy atom. The first kappa shape index (κ1) is 18.1. The third kappa shape index (κ3) is 3.00. The lowest BCUT2D eigenvalue weighted by atomic mass is 9.88. The first-order valence-corrected chi connectivity index (χ1v) is 8.92. The van der Waals surface area contributed by atoms with Crippen molar-refractivity contribution in [1.82, 2.24) is 4.40 Å². The number of hydrogen-bond donors (Lipinski definition) is 1. The van der Waals surface area contributed by atoms with E-state index >= 15 is 0 Å². The van der Waals surface area contributed by atoms with Gasteiger partial charge >= 0.3 is 0 Å². The van der Waals surface area contributed by atoms with Crippen LogP contribution in [0.15, 0.2) is 77.7 Å². The molecular weight excluding hydrogens is 358 g/mol. The fourth-order valence-electron chi connectivity index (χ4n) is 3.60. The van der Waals surface area contributed by atoms with Crippen LogP contribution in [0, 0.1) is 11.6 Å². The van der Waals surface area contributed by atoms with Crippen LogP contribution in [0.1, 0.15) is 18.5 Å². The maximum Gasteiger partial charge on any atom is 0.263 e. The number of halogens is 2. The molecule has 4 rings (SSSR count). The van der Waals surface area contributed by atoms with Gasteiger partial charge in [-0.3, -0.25) is 9.20 Å². The van der Waals surface area contributed by atoms with Gasteiger partial charge in [0.15, 0.2) is 0 Å². The lowest BCUT2D eigenvalue weighted by molar-refractivity contribution is 0.618. The molecule has 0 aliphatic rings. The van der Waals surface area contributed by atoms with E-state index < -0.39 is 11.9 Å². The smallest absolute Gasteiger partial charge is 0.263 e. The Balaban J connectivity index is 2.23. The van der Waals surface area contributed by atoms with E-state index in [1.807, 2.05) is 30.3 Å². The van der Waals surface area contributed by atoms with Gasteiger partial charge in [0.05, 0.1) is 11.1 Å². The fourth-order valence-corrected chi connectivity index (χ4v) is 3.60. The highest BCUT2D eigenvalue weighted by Crippen LogP contribution is 2.36. The molecule has 0 fully saturated rings. The van der Waals surface area contributed by atoms with Gasteiger partial charge in [0.25, 0.3) is 5.56 Å². The molecule has 1 unspecified atom stereocenters. The first-order chi connectivity index (χ1) is 13.5. The summed E-state index contributed by atoms with van der Waals surface area (Å²) in [6.07, 6.45) is 1.17. The highest BCUT2D eigenvalue weighted by molar-refractivity contribution is 5.89. The highest BCUT2D eigenvalue weighted by atomic mass is 19.1. The van der Waals surface area contributed by atoms with Crippen molar-refractivity contribution >= 4 is 5.52 Å². The Hall–Kier alpha value is -3.31. The zero-order chi connectivity index (χ0) is 19.8. The number of aromatic nitrogens is 1. The molecule has 0 bridgehead atoms. The van der Waals surface area contributed by atoms with Crippen molar-refractivity contribution < 1.29 is 8.78 Å². The zero-order valence-corrected chi connectivity index (χ0v) is 15.2. The van der Waals surface area contributed by atoms with Gasteiger partial charge in [-0.1, -0.05) is 42.5 Å². The summed E-state index contributed by atoms with van der Waals surface area (Å²) in [6, 6.07) is 17.5. The molecule has 0 amide bonds. The molecule has 0 aliphatic carbocycles. The van der Waals surface area contributed by atoms with E-state index in [0.29, 0.717) is 33.3 Å². The van der Waals surface area contributed by atoms with Crippen molar-refractivity contribution in [3.05, 3.63) is 100 Å². The second-order valence-electron chi connectivity index (χ2n) is 6.73. The minimum atomic E-state index is -0.521. The van der Waals surface area contributed by atoms with E-state index in [2.05, 4.69) is 0 Å². The molecule has 1 atom stereocenters. The van der Waals surface area contributed by atoms with Gasteiger partial charge in [-0.05, 0) is 47.9 Å². The van der Waals surface area contributed by atoms with E-state index in [4.69, 9.17) is 5.73 Å². The number of nitrogens with two attached hydrogens (primary N) is 1. The lowest BCUT2D eigenvalue weighted by Gasteiger charge is -2.21. The van der Waals surface area contributed by atoms with Crippen molar-refractivity contribution in [3.63, 3.8) is 0 Å². The number of benzene rings is 2. The standard InChI is InChI=1S/C23H18F2N2O/c1-14(26)20-21(16-7-9-17(24)10-8-16)19-12-11-18(25)13-27(19)23(28)22(20)15-5-3-2-4-6-15/h2-14H,26H2,1H3. The summed E-state index contributed by atoms with van der Waals surface area (Å²) in [7, 11) is 0. The molecule has 2 N–H and O–H groups in total. The van der Waals surface area contributed by atoms with E-state index in [1.54, 1.807) is 25.1 Å². The van der Waals surface area contributed by atoms with E-state index in [1.165, 1.54) is 28.8 Å². The van der Waals surface area contributed by atoms with E-state index in [0.717, 1.165) is 0 Å². The first-order valence-electron chi connectivity index (χ1n) is 8.92. The van der Waals surface area contributed by atoms with Gasteiger partial charge in [-0.25, -0.2) is 8.78 Å². The summed E-state index contributed by atoms with van der Waals surface area (Å²) < 4.78 is 28.8. The Morgan fingerprint density at radius 2 is 1.43 bits per heavy atom. The highest BCUT2D eigenvalue weighted by Gasteiger charge is 2.23. The summed E-state index contributed by atoms with van der Waals surface area (Å²) >= 11 is 0. The van der Waals surface area contributed by atoms with E-state index in [-0.39, 0.29) is 11.4 Å². The number of hydrogen-bond acceptors (Lipinski definition) is 2. The normalized spacial score (nSPS) is 12.3. The Kier molecular flexibility index (Phi) is 4.53. The molecule has 2 aromatic carbocycles. The van der Waals surface area contributed by atoms with Gasteiger partial charge in [-0.2, -0.15) is 0 Å². The maximum absolute atomic E-state index is 14.0. The lowest BCUT2D eigenvalue weighted by Crippen LogP contribution is -2.23. The number of rotatable bonds is 3. The molecule has 2 heterocycles. The van der Waals surface area contributed by atoms with Crippen LogP contribution in [0.2, 0.25) is 0 Å². The van der Waals surface area contributed by atoms with E-state index in [9.17, 15) is 13.6 Å². The predicted molar refractivity (Wildman–Crippen MR) is 107 cm³/mol. The fraction of sp³-hybridized carbons (Fsp3) is 0.0870. The number of nitrogens with zero attached hydrogens (tertiary/aromatic N) is 1. The average Bonchev–Trinajstić information content (AvgIpc) is 2.69. The predicted octanol–water partition coefficient (Wildman–Crippen LogP) is 4.93. The van der Waals surface area contributed by atoms with Crippen molar-refractivity contribution in [2.24, 2.45) is 5.73 Å². The molecule has 0 aliphatic heterocycles. The minimum Gasteiger partial charge on any atom is -0.324 e. The topological polar surface area (TPSA) is 47.5 Å². The van der Waals surface area contributed by atoms with Crippen LogP contribution in [0.5, 0.6) is 0 Å². The van der Waals surface area contributed by atoms with Crippen molar-refractivity contribution in [2.75, 3.05) is 0 Å². The van der Waals surface area contributed by atoms with Crippen molar-refractivity contribution in [2.45, 2.75) is 13.0 Å². The molecule has 0 radical (unpaired) electrons. The molecule has 28 heavy (non-hydrogen) atoms. The van der Waals surface area contributed by atoms with Crippen LogP contribution >= 0.6 is 0 Å². The van der Waals surface area contributed by atoms with Crippen molar-refractivity contribution in [1.29, 1.82) is 0 Å². The van der Waals surface area contributed by atoms with Gasteiger partial charge in [0.1, 0.15) is 11.6 Å². The Morgan fingerprint density at radius 3 is 2.07 bits per heavy atom. The Labute approximate surface area is 160 Å². The largest absolute Gasteiger partial charge is 0.324 e. The van der Waals surface area contributed by atoms with Crippen LogP contribution in [0.3, 0.4) is 0 Å². The molecule has 4 aromatic rings. The summed E-state index contributed by atoms with van der Waals surface area (Å²) in [4.78, 5) is 13.3. The molecule has 0 spiro atoms. The second kappa shape index (κ2) is 7.02. The third-order valence-electron chi connectivity index (χ3n) is 4.79. The Bertz CT molecular complexity index is 1210. The molecule has 0 saturated heterocycles. The molecule has 5 heteroatoms. The van der Waals surface area contributed by atoms with Crippen LogP contribution in [-0.4, -0.2) is 4.40 Å². The van der Waals surface area contributed by atoms with Gasteiger partial charge in [0.2, 0.25) is 0 Å². The van der Waals surface area contributed by atoms with Crippen LogP contribution in [0.4, 0.5) is 8.78 Å². The SMILES string of the molecule is CC(N)c1c(-c2ccccc2)c(=O)n2cc(F)ccc2c1-c1ccc(F)cc1. The summed E-state index contributed by atoms with van der Waals surface area (Å²) in [5.74, 6) is -0.884. The summed E-state index contributed by atoms with van der Waals surface area (Å²) in [5, 5.41) is 0. The van der Waals surface area contributed by atoms with Crippen LogP contribution in [-0.2, 0) is 0 Å². The third-order valence-corrected chi connectivity index (χ3v) is 4.79. The molecule has 2 aromatic heterocycles. The maximum atomic E-state index is 14.0. The van der Waals surface area contributed by atoms with Gasteiger partial charge in [0, 0.05) is 17.8 Å². The van der Waals surface area contributed by atoms with Crippen LogP contribution in [0.25, 0.3) is 27.8 Å².